The van der Waals surface area contributed by atoms with Gasteiger partial charge in [-0.2, -0.15) is 0 Å². The van der Waals surface area contributed by atoms with Crippen molar-refractivity contribution in [3.05, 3.63) is 76.6 Å². The monoisotopic (exact) mass is 461 g/mol. The predicted octanol–water partition coefficient (Wildman–Crippen LogP) is 4.49. The van der Waals surface area contributed by atoms with Gasteiger partial charge in [-0.15, -0.1) is 0 Å². The normalized spacial score (nSPS) is 17.1. The Hall–Kier alpha value is -2.29. The second-order valence-corrected chi connectivity index (χ2v) is 9.15. The van der Waals surface area contributed by atoms with Crippen molar-refractivity contribution in [1.82, 2.24) is 14.7 Å². The van der Waals surface area contributed by atoms with Crippen molar-refractivity contribution in [2.75, 3.05) is 0 Å². The quantitative estimate of drug-likeness (QED) is 0.587. The molecule has 1 atom stereocenters. The van der Waals surface area contributed by atoms with Gasteiger partial charge >= 0.3 is 0 Å². The van der Waals surface area contributed by atoms with Crippen molar-refractivity contribution in [3.8, 4) is 0 Å². The third kappa shape index (κ3) is 4.09. The van der Waals surface area contributed by atoms with Crippen LogP contribution in [0.3, 0.4) is 0 Å². The van der Waals surface area contributed by atoms with Crippen molar-refractivity contribution in [2.24, 2.45) is 0 Å². The highest BCUT2D eigenvalue weighted by Gasteiger charge is 2.17. The smallest absolute Gasteiger partial charge is 0.256 e. The molecule has 0 spiro atoms. The number of aromatic amines is 1. The highest BCUT2D eigenvalue weighted by atomic mass is 79.9. The molecule has 8 heteroatoms. The lowest BCUT2D eigenvalue weighted by molar-refractivity contribution is 0.402. The summed E-state index contributed by atoms with van der Waals surface area (Å²) >= 11 is 3.38. The molecule has 1 aromatic carbocycles. The van der Waals surface area contributed by atoms with Crippen molar-refractivity contribution in [1.29, 1.82) is 0 Å². The molecule has 0 fully saturated rings. The van der Waals surface area contributed by atoms with E-state index < -0.39 is 16.2 Å². The summed E-state index contributed by atoms with van der Waals surface area (Å²) in [5, 5.41) is 0.914. The van der Waals surface area contributed by atoms with Gasteiger partial charge in [0.2, 0.25) is 0 Å². The maximum Gasteiger partial charge on any atom is 0.256 e. The summed E-state index contributed by atoms with van der Waals surface area (Å²) in [6.45, 7) is 0.0725. The number of alkyl halides is 1. The van der Waals surface area contributed by atoms with Crippen LogP contribution in [0, 0.1) is 0 Å². The molecule has 144 valence electrons. The number of aromatic nitrogens is 2. The van der Waals surface area contributed by atoms with Crippen LogP contribution in [0.15, 0.2) is 70.3 Å². The minimum absolute atomic E-state index is 0.0725. The first-order chi connectivity index (χ1) is 13.4. The van der Waals surface area contributed by atoms with E-state index in [4.69, 9.17) is 0 Å². The van der Waals surface area contributed by atoms with Crippen LogP contribution in [0.1, 0.15) is 17.7 Å². The van der Waals surface area contributed by atoms with Crippen molar-refractivity contribution < 1.29 is 12.8 Å². The average molecular weight is 462 g/mol. The molecule has 0 radical (unpaired) electrons. The maximum absolute atomic E-state index is 13.2. The minimum atomic E-state index is -3.70. The summed E-state index contributed by atoms with van der Waals surface area (Å²) in [6.07, 6.45) is 6.18. The number of allylic oxidation sites excluding steroid dienone is 4. The van der Waals surface area contributed by atoms with Crippen molar-refractivity contribution in [2.45, 2.75) is 24.2 Å². The number of halogens is 2. The van der Waals surface area contributed by atoms with Gasteiger partial charge < -0.3 is 4.98 Å². The zero-order valence-electron chi connectivity index (χ0n) is 14.7. The van der Waals surface area contributed by atoms with E-state index in [0.29, 0.717) is 12.1 Å². The number of H-pyrrole nitrogens is 1. The average Bonchev–Trinajstić information content (AvgIpc) is 3.12. The van der Waals surface area contributed by atoms with Crippen LogP contribution < -0.4 is 4.72 Å². The molecule has 0 saturated heterocycles. The molecule has 1 unspecified atom stereocenters. The van der Waals surface area contributed by atoms with Crippen molar-refractivity contribution in [3.63, 3.8) is 0 Å². The third-order valence-corrected chi connectivity index (χ3v) is 6.31. The fraction of sp³-hybridized carbons (Fsp3) is 0.150. The standard InChI is InChI=1S/C20H17BrFN3O2S/c21-16-4-8-19-15(9-16)10-20(25-19)28(26,27)24-12-18-7-3-14(11-23-18)13-1-5-17(22)6-2-13/h1-5,7-11,17,24-25H,6,12H2. The summed E-state index contributed by atoms with van der Waals surface area (Å²) < 4.78 is 41.7. The molecule has 3 aromatic rings. The van der Waals surface area contributed by atoms with Gasteiger partial charge in [-0.25, -0.2) is 17.5 Å². The number of benzene rings is 1. The van der Waals surface area contributed by atoms with E-state index in [9.17, 15) is 12.8 Å². The molecular weight excluding hydrogens is 445 g/mol. The van der Waals surface area contributed by atoms with E-state index in [1.807, 2.05) is 30.3 Å². The lowest BCUT2D eigenvalue weighted by Crippen LogP contribution is -2.24. The summed E-state index contributed by atoms with van der Waals surface area (Å²) in [6, 6.07) is 10.7. The van der Waals surface area contributed by atoms with Gasteiger partial charge in [-0.3, -0.25) is 4.98 Å². The first-order valence-corrected chi connectivity index (χ1v) is 10.9. The zero-order valence-corrected chi connectivity index (χ0v) is 17.1. The first-order valence-electron chi connectivity index (χ1n) is 8.66. The Morgan fingerprint density at radius 3 is 2.82 bits per heavy atom. The molecular formula is C20H17BrFN3O2S. The van der Waals surface area contributed by atoms with Gasteiger partial charge in [0, 0.05) is 28.0 Å². The summed E-state index contributed by atoms with van der Waals surface area (Å²) in [5.74, 6) is 0. The predicted molar refractivity (Wildman–Crippen MR) is 111 cm³/mol. The Morgan fingerprint density at radius 1 is 1.25 bits per heavy atom. The number of hydrogen-bond acceptors (Lipinski definition) is 3. The third-order valence-electron chi connectivity index (χ3n) is 4.50. The Balaban J connectivity index is 1.46. The van der Waals surface area contributed by atoms with Crippen molar-refractivity contribution >= 4 is 42.4 Å². The van der Waals surface area contributed by atoms with E-state index >= 15 is 0 Å². The number of fused-ring (bicyclic) bond motifs is 1. The number of hydrogen-bond donors (Lipinski definition) is 2. The molecule has 2 aromatic heterocycles. The Bertz CT molecular complexity index is 1180. The minimum Gasteiger partial charge on any atom is -0.345 e. The van der Waals surface area contributed by atoms with E-state index in [2.05, 4.69) is 30.6 Å². The molecule has 0 amide bonds. The van der Waals surface area contributed by atoms with E-state index in [1.165, 1.54) is 6.08 Å². The van der Waals surface area contributed by atoms with Crippen LogP contribution in [-0.4, -0.2) is 24.6 Å². The number of pyridine rings is 1. The molecule has 0 saturated carbocycles. The molecule has 1 aliphatic rings. The zero-order chi connectivity index (χ0) is 19.7. The molecule has 2 N–H and O–H groups in total. The Labute approximate surface area is 170 Å². The lowest BCUT2D eigenvalue weighted by Gasteiger charge is -2.10. The highest BCUT2D eigenvalue weighted by Crippen LogP contribution is 2.24. The van der Waals surface area contributed by atoms with Gasteiger partial charge in [0.25, 0.3) is 10.0 Å². The largest absolute Gasteiger partial charge is 0.345 e. The summed E-state index contributed by atoms with van der Waals surface area (Å²) in [4.78, 5) is 7.23. The van der Waals surface area contributed by atoms with Crippen LogP contribution in [0.5, 0.6) is 0 Å². The first kappa shape index (κ1) is 19.0. The molecule has 28 heavy (non-hydrogen) atoms. The topological polar surface area (TPSA) is 74.8 Å². The number of nitrogens with zero attached hydrogens (tertiary/aromatic N) is 1. The fourth-order valence-electron chi connectivity index (χ4n) is 2.98. The maximum atomic E-state index is 13.2. The van der Waals surface area contributed by atoms with Gasteiger partial charge in [-0.1, -0.05) is 34.1 Å². The summed E-state index contributed by atoms with van der Waals surface area (Å²) in [7, 11) is -3.70. The molecule has 1 aliphatic carbocycles. The fourth-order valence-corrected chi connectivity index (χ4v) is 4.38. The van der Waals surface area contributed by atoms with Crippen LogP contribution in [-0.2, 0) is 16.6 Å². The second-order valence-electron chi connectivity index (χ2n) is 6.50. The molecule has 5 nitrogen and oxygen atoms in total. The van der Waals surface area contributed by atoms with Crippen LogP contribution in [0.2, 0.25) is 0 Å². The van der Waals surface area contributed by atoms with E-state index in [0.717, 1.165) is 26.5 Å². The van der Waals surface area contributed by atoms with Gasteiger partial charge in [0.05, 0.1) is 12.2 Å². The van der Waals surface area contributed by atoms with Gasteiger partial charge in [0.1, 0.15) is 11.2 Å². The summed E-state index contributed by atoms with van der Waals surface area (Å²) in [5.41, 5.74) is 3.12. The number of rotatable bonds is 5. The second kappa shape index (κ2) is 7.62. The van der Waals surface area contributed by atoms with Crippen LogP contribution >= 0.6 is 15.9 Å². The van der Waals surface area contributed by atoms with Crippen LogP contribution in [0.4, 0.5) is 4.39 Å². The number of nitrogens with one attached hydrogen (secondary N) is 2. The number of sulfonamides is 1. The molecule has 4 rings (SSSR count). The van der Waals surface area contributed by atoms with E-state index in [1.54, 1.807) is 24.4 Å². The van der Waals surface area contributed by atoms with Gasteiger partial charge in [-0.05, 0) is 47.5 Å². The highest BCUT2D eigenvalue weighted by molar-refractivity contribution is 9.10. The molecule has 0 bridgehead atoms. The lowest BCUT2D eigenvalue weighted by atomic mass is 10.0. The Morgan fingerprint density at radius 2 is 2.11 bits per heavy atom. The van der Waals surface area contributed by atoms with E-state index in [-0.39, 0.29) is 11.6 Å². The molecule has 0 aliphatic heterocycles. The van der Waals surface area contributed by atoms with Gasteiger partial charge in [0.15, 0.2) is 0 Å². The Kier molecular flexibility index (Phi) is 5.18. The molecule has 2 heterocycles. The SMILES string of the molecule is O=S(=O)(NCc1ccc(C2=CCC(F)C=C2)cn1)c1cc2cc(Br)ccc2[nH]1. The van der Waals surface area contributed by atoms with Crippen LogP contribution in [0.25, 0.3) is 16.5 Å².